The van der Waals surface area contributed by atoms with Gasteiger partial charge in [0.15, 0.2) is 11.6 Å². The lowest BCUT2D eigenvalue weighted by atomic mass is 10.1. The number of nitrogens with two attached hydrogens (primary N) is 1. The summed E-state index contributed by atoms with van der Waals surface area (Å²) in [7, 11) is 0. The smallest absolute Gasteiger partial charge is 0.264 e. The quantitative estimate of drug-likeness (QED) is 0.771. The molecule has 0 fully saturated rings. The van der Waals surface area contributed by atoms with Crippen molar-refractivity contribution in [1.29, 1.82) is 0 Å². The van der Waals surface area contributed by atoms with Gasteiger partial charge >= 0.3 is 0 Å². The average Bonchev–Trinajstić information content (AvgIpc) is 2.50. The summed E-state index contributed by atoms with van der Waals surface area (Å²) in [6.45, 7) is 1.71. The van der Waals surface area contributed by atoms with Gasteiger partial charge in [-0.3, -0.25) is 9.36 Å². The van der Waals surface area contributed by atoms with Crippen molar-refractivity contribution < 1.29 is 8.78 Å². The zero-order valence-electron chi connectivity index (χ0n) is 12.2. The molecule has 0 amide bonds. The van der Waals surface area contributed by atoms with E-state index in [0.29, 0.717) is 21.5 Å². The number of nitrogens with zero attached hydrogens (tertiary/aromatic N) is 1. The molecule has 1 aromatic heterocycles. The van der Waals surface area contributed by atoms with Gasteiger partial charge in [-0.05, 0) is 36.6 Å². The van der Waals surface area contributed by atoms with Crippen LogP contribution in [0, 0.1) is 11.6 Å². The van der Waals surface area contributed by atoms with Crippen LogP contribution in [0.2, 0.25) is 5.02 Å². The van der Waals surface area contributed by atoms with Crippen LogP contribution in [0.15, 0.2) is 47.3 Å². The molecule has 0 saturated heterocycles. The molecule has 2 aromatic carbocycles. The molecule has 6 heteroatoms. The van der Waals surface area contributed by atoms with Crippen molar-refractivity contribution in [2.75, 3.05) is 0 Å². The van der Waals surface area contributed by atoms with Crippen LogP contribution in [0.3, 0.4) is 0 Å². The molecule has 0 bridgehead atoms. The van der Waals surface area contributed by atoms with Gasteiger partial charge in [0.25, 0.3) is 5.56 Å². The van der Waals surface area contributed by atoms with Gasteiger partial charge < -0.3 is 5.73 Å². The first kappa shape index (κ1) is 15.6. The molecule has 0 radical (unpaired) electrons. The minimum Gasteiger partial charge on any atom is -0.323 e. The van der Waals surface area contributed by atoms with E-state index in [2.05, 4.69) is 0 Å². The van der Waals surface area contributed by atoms with Crippen molar-refractivity contribution in [1.82, 2.24) is 4.57 Å². The van der Waals surface area contributed by atoms with E-state index < -0.39 is 23.2 Å². The number of fused-ring (bicyclic) bond motifs is 1. The Bertz CT molecular complexity index is 967. The summed E-state index contributed by atoms with van der Waals surface area (Å²) in [5, 5.41) is 1.25. The number of halogens is 3. The summed E-state index contributed by atoms with van der Waals surface area (Å²) >= 11 is 6.13. The second-order valence-corrected chi connectivity index (χ2v) is 5.71. The van der Waals surface area contributed by atoms with Crippen molar-refractivity contribution in [3.05, 3.63) is 75.2 Å². The fourth-order valence-electron chi connectivity index (χ4n) is 2.57. The van der Waals surface area contributed by atoms with Gasteiger partial charge in [0.2, 0.25) is 0 Å². The van der Waals surface area contributed by atoms with Gasteiger partial charge in [0.1, 0.15) is 0 Å². The summed E-state index contributed by atoms with van der Waals surface area (Å²) < 4.78 is 28.0. The van der Waals surface area contributed by atoms with E-state index in [1.54, 1.807) is 31.2 Å². The Hall–Kier alpha value is -2.24. The molecular formula is C17H13ClF2N2O. The van der Waals surface area contributed by atoms with Crippen molar-refractivity contribution in [2.24, 2.45) is 5.73 Å². The van der Waals surface area contributed by atoms with Crippen LogP contribution in [0.5, 0.6) is 0 Å². The highest BCUT2D eigenvalue weighted by molar-refractivity contribution is 6.35. The van der Waals surface area contributed by atoms with Crippen molar-refractivity contribution >= 4 is 22.4 Å². The number of hydrogen-bond acceptors (Lipinski definition) is 2. The van der Waals surface area contributed by atoms with E-state index in [1.165, 1.54) is 10.6 Å². The molecular weight excluding hydrogens is 322 g/mol. The van der Waals surface area contributed by atoms with E-state index in [0.717, 1.165) is 12.1 Å². The summed E-state index contributed by atoms with van der Waals surface area (Å²) in [5.41, 5.74) is 6.21. The van der Waals surface area contributed by atoms with Gasteiger partial charge in [-0.25, -0.2) is 8.78 Å². The monoisotopic (exact) mass is 334 g/mol. The number of benzene rings is 2. The SMILES string of the molecule is C[C@H](N)c1cc2cccc(Cl)c2c(=O)n1-c1ccc(F)c(F)c1. The lowest BCUT2D eigenvalue weighted by molar-refractivity contribution is 0.507. The molecule has 3 nitrogen and oxygen atoms in total. The molecule has 1 atom stereocenters. The molecule has 118 valence electrons. The van der Waals surface area contributed by atoms with Crippen molar-refractivity contribution in [3.63, 3.8) is 0 Å². The van der Waals surface area contributed by atoms with Gasteiger partial charge in [-0.2, -0.15) is 0 Å². The zero-order valence-corrected chi connectivity index (χ0v) is 12.9. The van der Waals surface area contributed by atoms with Crippen molar-refractivity contribution in [3.8, 4) is 5.69 Å². The lowest BCUT2D eigenvalue weighted by Crippen LogP contribution is -2.26. The van der Waals surface area contributed by atoms with Gasteiger partial charge in [-0.1, -0.05) is 23.7 Å². The van der Waals surface area contributed by atoms with E-state index >= 15 is 0 Å². The third kappa shape index (κ3) is 2.62. The molecule has 0 aliphatic carbocycles. The number of aromatic nitrogens is 1. The Morgan fingerprint density at radius 3 is 2.52 bits per heavy atom. The van der Waals surface area contributed by atoms with Crippen LogP contribution < -0.4 is 11.3 Å². The van der Waals surface area contributed by atoms with Crippen LogP contribution >= 0.6 is 11.6 Å². The van der Waals surface area contributed by atoms with E-state index in [1.807, 2.05) is 0 Å². The molecule has 0 saturated carbocycles. The predicted molar refractivity (Wildman–Crippen MR) is 87.1 cm³/mol. The summed E-state index contributed by atoms with van der Waals surface area (Å²) in [6.07, 6.45) is 0. The Morgan fingerprint density at radius 2 is 1.87 bits per heavy atom. The molecule has 3 rings (SSSR count). The maximum Gasteiger partial charge on any atom is 0.264 e. The standard InChI is InChI=1S/C17H13ClF2N2O/c1-9(21)15-7-10-3-2-4-12(18)16(10)17(23)22(15)11-5-6-13(19)14(20)8-11/h2-9H,21H2,1H3/t9-/m0/s1. The molecule has 0 unspecified atom stereocenters. The second kappa shape index (κ2) is 5.76. The third-order valence-electron chi connectivity index (χ3n) is 3.65. The molecule has 0 aliphatic heterocycles. The number of hydrogen-bond donors (Lipinski definition) is 1. The minimum atomic E-state index is -1.04. The average molecular weight is 335 g/mol. The number of pyridine rings is 1. The molecule has 23 heavy (non-hydrogen) atoms. The fourth-order valence-corrected chi connectivity index (χ4v) is 2.83. The second-order valence-electron chi connectivity index (χ2n) is 5.30. The summed E-state index contributed by atoms with van der Waals surface area (Å²) in [5.74, 6) is -2.02. The van der Waals surface area contributed by atoms with E-state index in [9.17, 15) is 13.6 Å². The van der Waals surface area contributed by atoms with Gasteiger partial charge in [0.05, 0.1) is 16.1 Å². The molecule has 0 spiro atoms. The predicted octanol–water partition coefficient (Wildman–Crippen LogP) is 3.94. The normalized spacial score (nSPS) is 12.6. The Balaban J connectivity index is 2.44. The van der Waals surface area contributed by atoms with Crippen LogP contribution in [-0.2, 0) is 0 Å². The minimum absolute atomic E-state index is 0.197. The largest absolute Gasteiger partial charge is 0.323 e. The Labute approximate surface area is 135 Å². The van der Waals surface area contributed by atoms with Crippen LogP contribution in [0.1, 0.15) is 18.7 Å². The highest BCUT2D eigenvalue weighted by Crippen LogP contribution is 2.25. The van der Waals surface area contributed by atoms with Crippen LogP contribution in [-0.4, -0.2) is 4.57 Å². The maximum atomic E-state index is 13.6. The highest BCUT2D eigenvalue weighted by Gasteiger charge is 2.16. The maximum absolute atomic E-state index is 13.6. The first-order valence-corrected chi connectivity index (χ1v) is 7.33. The van der Waals surface area contributed by atoms with Crippen LogP contribution in [0.25, 0.3) is 16.5 Å². The van der Waals surface area contributed by atoms with E-state index in [-0.39, 0.29) is 5.69 Å². The third-order valence-corrected chi connectivity index (χ3v) is 3.97. The molecule has 3 aromatic rings. The molecule has 0 aliphatic rings. The first-order chi connectivity index (χ1) is 10.9. The Kier molecular flexibility index (Phi) is 3.92. The molecule has 1 heterocycles. The fraction of sp³-hybridized carbons (Fsp3) is 0.118. The van der Waals surface area contributed by atoms with Gasteiger partial charge in [0, 0.05) is 17.8 Å². The lowest BCUT2D eigenvalue weighted by Gasteiger charge is -2.17. The highest BCUT2D eigenvalue weighted by atomic mass is 35.5. The summed E-state index contributed by atoms with van der Waals surface area (Å²) in [6, 6.07) is 9.60. The number of rotatable bonds is 2. The topological polar surface area (TPSA) is 48.0 Å². The van der Waals surface area contributed by atoms with Crippen molar-refractivity contribution in [2.45, 2.75) is 13.0 Å². The summed E-state index contributed by atoms with van der Waals surface area (Å²) in [4.78, 5) is 12.9. The van der Waals surface area contributed by atoms with E-state index in [4.69, 9.17) is 17.3 Å². The van der Waals surface area contributed by atoms with Crippen LogP contribution in [0.4, 0.5) is 8.78 Å². The Morgan fingerprint density at radius 1 is 1.13 bits per heavy atom. The first-order valence-electron chi connectivity index (χ1n) is 6.95. The van der Waals surface area contributed by atoms with Gasteiger partial charge in [-0.15, -0.1) is 0 Å². The zero-order chi connectivity index (χ0) is 16.7. The molecule has 2 N–H and O–H groups in total.